The summed E-state index contributed by atoms with van der Waals surface area (Å²) >= 11 is 0. The predicted octanol–water partition coefficient (Wildman–Crippen LogP) is 2.44. The third-order valence-electron chi connectivity index (χ3n) is 5.14. The Bertz CT molecular complexity index is 363. The maximum Gasteiger partial charge on any atom is 0.239 e. The molecule has 1 unspecified atom stereocenters. The van der Waals surface area contributed by atoms with Gasteiger partial charge in [0.2, 0.25) is 5.91 Å². The fourth-order valence-electron chi connectivity index (χ4n) is 3.99. The molecular weight excluding hydrogens is 274 g/mol. The van der Waals surface area contributed by atoms with Gasteiger partial charge in [0, 0.05) is 33.2 Å². The Morgan fingerprint density at radius 3 is 2.41 bits per heavy atom. The molecule has 0 aliphatic carbocycles. The number of amides is 1. The first kappa shape index (κ1) is 17.7. The Balaban J connectivity index is 1.96. The number of likely N-dealkylation sites (tertiary alicyclic amines) is 1. The predicted molar refractivity (Wildman–Crippen MR) is 92.0 cm³/mol. The van der Waals surface area contributed by atoms with Crippen LogP contribution in [0, 0.1) is 5.41 Å². The highest BCUT2D eigenvalue weighted by Crippen LogP contribution is 2.25. The molecule has 128 valence electrons. The zero-order valence-electron chi connectivity index (χ0n) is 15.1. The van der Waals surface area contributed by atoms with Crippen LogP contribution < -0.4 is 0 Å². The van der Waals surface area contributed by atoms with Gasteiger partial charge in [-0.25, -0.2) is 0 Å². The van der Waals surface area contributed by atoms with Crippen molar-refractivity contribution in [2.24, 2.45) is 5.41 Å². The molecule has 2 fully saturated rings. The fraction of sp³-hybridized carbons (Fsp3) is 0.944. The van der Waals surface area contributed by atoms with Gasteiger partial charge >= 0.3 is 0 Å². The van der Waals surface area contributed by atoms with E-state index >= 15 is 0 Å². The van der Waals surface area contributed by atoms with Crippen molar-refractivity contribution >= 4 is 5.91 Å². The van der Waals surface area contributed by atoms with Crippen LogP contribution in [0.1, 0.15) is 52.9 Å². The number of unbranched alkanes of at least 4 members (excludes halogenated alkanes) is 1. The van der Waals surface area contributed by atoms with Gasteiger partial charge in [-0.05, 0) is 37.8 Å². The summed E-state index contributed by atoms with van der Waals surface area (Å²) < 4.78 is 0. The highest BCUT2D eigenvalue weighted by molar-refractivity contribution is 5.82. The minimum Gasteiger partial charge on any atom is -0.343 e. The highest BCUT2D eigenvalue weighted by atomic mass is 16.2. The van der Waals surface area contributed by atoms with E-state index < -0.39 is 0 Å². The standard InChI is InChI=1S/C18H35N3O/c1-5-6-9-16-17(22)19(4)12-13-21(16)15-18(2,3)14-20-10-7-8-11-20/h16H,5-15H2,1-4H3. The lowest BCUT2D eigenvalue weighted by Gasteiger charge is -2.43. The molecular formula is C18H35N3O. The molecule has 2 aliphatic rings. The van der Waals surface area contributed by atoms with Gasteiger partial charge in [0.15, 0.2) is 0 Å². The molecule has 0 spiro atoms. The molecule has 1 atom stereocenters. The SMILES string of the molecule is CCCCC1C(=O)N(C)CCN1CC(C)(C)CN1CCCC1. The van der Waals surface area contributed by atoms with E-state index in [1.807, 2.05) is 11.9 Å². The highest BCUT2D eigenvalue weighted by Gasteiger charge is 2.36. The van der Waals surface area contributed by atoms with Gasteiger partial charge in [0.25, 0.3) is 0 Å². The zero-order chi connectivity index (χ0) is 16.2. The summed E-state index contributed by atoms with van der Waals surface area (Å²) in [5.74, 6) is 0.330. The lowest BCUT2D eigenvalue weighted by molar-refractivity contribution is -0.141. The summed E-state index contributed by atoms with van der Waals surface area (Å²) in [6.45, 7) is 13.6. The first-order chi connectivity index (χ1) is 10.4. The molecule has 0 aromatic rings. The van der Waals surface area contributed by atoms with Gasteiger partial charge in [-0.3, -0.25) is 9.69 Å². The van der Waals surface area contributed by atoms with Gasteiger partial charge in [-0.15, -0.1) is 0 Å². The first-order valence-corrected chi connectivity index (χ1v) is 9.14. The smallest absolute Gasteiger partial charge is 0.239 e. The molecule has 4 heteroatoms. The van der Waals surface area contributed by atoms with Crippen molar-refractivity contribution in [1.29, 1.82) is 0 Å². The molecule has 4 nitrogen and oxygen atoms in total. The number of hydrogen-bond acceptors (Lipinski definition) is 3. The maximum absolute atomic E-state index is 12.5. The number of carbonyl (C=O) groups excluding carboxylic acids is 1. The lowest BCUT2D eigenvalue weighted by atomic mass is 9.90. The summed E-state index contributed by atoms with van der Waals surface area (Å²) in [6.07, 6.45) is 6.02. The van der Waals surface area contributed by atoms with Crippen LogP contribution in [0.15, 0.2) is 0 Å². The second-order valence-electron chi connectivity index (χ2n) is 8.04. The quantitative estimate of drug-likeness (QED) is 0.723. The largest absolute Gasteiger partial charge is 0.343 e. The molecule has 0 aromatic carbocycles. The Morgan fingerprint density at radius 2 is 1.77 bits per heavy atom. The van der Waals surface area contributed by atoms with Gasteiger partial charge in [0.05, 0.1) is 6.04 Å². The molecule has 2 rings (SSSR count). The van der Waals surface area contributed by atoms with Crippen molar-refractivity contribution < 1.29 is 4.79 Å². The van der Waals surface area contributed by atoms with E-state index in [0.29, 0.717) is 5.91 Å². The molecule has 0 radical (unpaired) electrons. The van der Waals surface area contributed by atoms with E-state index in [1.54, 1.807) is 0 Å². The van der Waals surface area contributed by atoms with Crippen LogP contribution in [-0.4, -0.2) is 73.0 Å². The second kappa shape index (κ2) is 7.78. The summed E-state index contributed by atoms with van der Waals surface area (Å²) in [5, 5.41) is 0. The van der Waals surface area contributed by atoms with E-state index in [-0.39, 0.29) is 11.5 Å². The Morgan fingerprint density at radius 1 is 1.09 bits per heavy atom. The zero-order valence-corrected chi connectivity index (χ0v) is 15.1. The first-order valence-electron chi connectivity index (χ1n) is 9.14. The molecule has 0 N–H and O–H groups in total. The summed E-state index contributed by atoms with van der Waals surface area (Å²) in [6, 6.07) is 0.108. The Kier molecular flexibility index (Phi) is 6.27. The molecule has 2 heterocycles. The average molecular weight is 309 g/mol. The van der Waals surface area contributed by atoms with Gasteiger partial charge in [0.1, 0.15) is 0 Å². The van der Waals surface area contributed by atoms with Gasteiger partial charge in [-0.2, -0.15) is 0 Å². The number of carbonyl (C=O) groups is 1. The van der Waals surface area contributed by atoms with Crippen molar-refractivity contribution in [3.8, 4) is 0 Å². The van der Waals surface area contributed by atoms with E-state index in [0.717, 1.165) is 39.0 Å². The topological polar surface area (TPSA) is 26.8 Å². The van der Waals surface area contributed by atoms with E-state index in [2.05, 4.69) is 30.6 Å². The van der Waals surface area contributed by atoms with E-state index in [9.17, 15) is 4.79 Å². The molecule has 0 aromatic heterocycles. The fourth-order valence-corrected chi connectivity index (χ4v) is 3.99. The van der Waals surface area contributed by atoms with Crippen LogP contribution in [-0.2, 0) is 4.79 Å². The van der Waals surface area contributed by atoms with Crippen LogP contribution in [0.2, 0.25) is 0 Å². The average Bonchev–Trinajstić information content (AvgIpc) is 2.94. The molecule has 2 saturated heterocycles. The van der Waals surface area contributed by atoms with E-state index in [4.69, 9.17) is 0 Å². The number of nitrogens with zero attached hydrogens (tertiary/aromatic N) is 3. The molecule has 22 heavy (non-hydrogen) atoms. The second-order valence-corrected chi connectivity index (χ2v) is 8.04. The van der Waals surface area contributed by atoms with Crippen molar-refractivity contribution in [2.45, 2.75) is 58.9 Å². The molecule has 0 bridgehead atoms. The monoisotopic (exact) mass is 309 g/mol. The molecule has 1 amide bonds. The van der Waals surface area contributed by atoms with Crippen LogP contribution in [0.25, 0.3) is 0 Å². The number of likely N-dealkylation sites (N-methyl/N-ethyl adjacent to an activating group) is 1. The van der Waals surface area contributed by atoms with Crippen LogP contribution >= 0.6 is 0 Å². The van der Waals surface area contributed by atoms with Crippen molar-refractivity contribution in [3.63, 3.8) is 0 Å². The van der Waals surface area contributed by atoms with Crippen molar-refractivity contribution in [3.05, 3.63) is 0 Å². The molecule has 0 saturated carbocycles. The van der Waals surface area contributed by atoms with Gasteiger partial charge in [-0.1, -0.05) is 33.6 Å². The summed E-state index contributed by atoms with van der Waals surface area (Å²) in [7, 11) is 1.95. The minimum absolute atomic E-state index is 0.108. The number of hydrogen-bond donors (Lipinski definition) is 0. The van der Waals surface area contributed by atoms with Gasteiger partial charge < -0.3 is 9.80 Å². The Hall–Kier alpha value is -0.610. The van der Waals surface area contributed by atoms with Crippen molar-refractivity contribution in [2.75, 3.05) is 46.3 Å². The normalized spacial score (nSPS) is 25.2. The van der Waals surface area contributed by atoms with E-state index in [1.165, 1.54) is 32.4 Å². The lowest BCUT2D eigenvalue weighted by Crippen LogP contribution is -2.58. The number of piperazine rings is 1. The van der Waals surface area contributed by atoms with Crippen molar-refractivity contribution in [1.82, 2.24) is 14.7 Å². The molecule has 2 aliphatic heterocycles. The Labute approximate surface area is 136 Å². The van der Waals surface area contributed by atoms with Crippen LogP contribution in [0.4, 0.5) is 0 Å². The maximum atomic E-state index is 12.5. The summed E-state index contributed by atoms with van der Waals surface area (Å²) in [5.41, 5.74) is 0.255. The number of rotatable bonds is 7. The van der Waals surface area contributed by atoms with Crippen LogP contribution in [0.3, 0.4) is 0 Å². The van der Waals surface area contributed by atoms with Crippen LogP contribution in [0.5, 0.6) is 0 Å². The third kappa shape index (κ3) is 4.69. The summed E-state index contributed by atoms with van der Waals surface area (Å²) in [4.78, 5) is 19.5. The third-order valence-corrected chi connectivity index (χ3v) is 5.14. The minimum atomic E-state index is 0.108.